The van der Waals surface area contributed by atoms with Crippen molar-refractivity contribution in [3.8, 4) is 17.2 Å². The van der Waals surface area contributed by atoms with Crippen LogP contribution in [0.4, 0.5) is 5.69 Å². The zero-order valence-electron chi connectivity index (χ0n) is 18.4. The summed E-state index contributed by atoms with van der Waals surface area (Å²) in [5, 5.41) is 3.00. The molecule has 1 N–H and O–H groups in total. The standard InChI is InChI=1S/C26H26N2O3/c1-15(2)30-21-10-8-19(9-11-21)25(29)27-22-14-20(7-6-16(22)3)26-28-23-12-17(4)18(5)13-24(23)31-26/h6-15H,1-5H3,(H,27,29). The first-order chi connectivity index (χ1) is 14.8. The van der Waals surface area contributed by atoms with E-state index < -0.39 is 0 Å². The molecular weight excluding hydrogens is 388 g/mol. The lowest BCUT2D eigenvalue weighted by molar-refractivity contribution is 0.102. The van der Waals surface area contributed by atoms with Crippen LogP contribution in [-0.4, -0.2) is 17.0 Å². The number of oxazole rings is 1. The van der Waals surface area contributed by atoms with Crippen molar-refractivity contribution < 1.29 is 13.9 Å². The molecule has 158 valence electrons. The molecule has 0 atom stereocenters. The zero-order valence-corrected chi connectivity index (χ0v) is 18.4. The lowest BCUT2D eigenvalue weighted by atomic mass is 10.1. The Morgan fingerprint density at radius 3 is 2.35 bits per heavy atom. The smallest absolute Gasteiger partial charge is 0.255 e. The highest BCUT2D eigenvalue weighted by Crippen LogP contribution is 2.29. The number of carbonyl (C=O) groups is 1. The number of benzene rings is 3. The highest BCUT2D eigenvalue weighted by molar-refractivity contribution is 6.05. The van der Waals surface area contributed by atoms with E-state index in [-0.39, 0.29) is 12.0 Å². The largest absolute Gasteiger partial charge is 0.491 e. The maximum Gasteiger partial charge on any atom is 0.255 e. The fourth-order valence-corrected chi connectivity index (χ4v) is 3.34. The van der Waals surface area contributed by atoms with E-state index in [4.69, 9.17) is 9.15 Å². The van der Waals surface area contributed by atoms with Gasteiger partial charge in [0.1, 0.15) is 11.3 Å². The molecule has 31 heavy (non-hydrogen) atoms. The van der Waals surface area contributed by atoms with Crippen LogP contribution in [0.25, 0.3) is 22.6 Å². The normalized spacial score (nSPS) is 11.2. The Morgan fingerprint density at radius 1 is 0.935 bits per heavy atom. The summed E-state index contributed by atoms with van der Waals surface area (Å²) in [7, 11) is 0. The van der Waals surface area contributed by atoms with E-state index in [1.165, 1.54) is 5.56 Å². The van der Waals surface area contributed by atoms with Crippen LogP contribution in [0, 0.1) is 20.8 Å². The summed E-state index contributed by atoms with van der Waals surface area (Å²) < 4.78 is 11.6. The summed E-state index contributed by atoms with van der Waals surface area (Å²) in [5.74, 6) is 1.09. The molecule has 0 bridgehead atoms. The summed E-state index contributed by atoms with van der Waals surface area (Å²) in [6.45, 7) is 10.0. The van der Waals surface area contributed by atoms with Crippen molar-refractivity contribution in [2.75, 3.05) is 5.32 Å². The fourth-order valence-electron chi connectivity index (χ4n) is 3.34. The fraction of sp³-hybridized carbons (Fsp3) is 0.231. The average Bonchev–Trinajstić information content (AvgIpc) is 3.12. The molecule has 0 aliphatic heterocycles. The van der Waals surface area contributed by atoms with Gasteiger partial charge in [0, 0.05) is 16.8 Å². The number of hydrogen-bond acceptors (Lipinski definition) is 4. The van der Waals surface area contributed by atoms with Crippen molar-refractivity contribution in [1.82, 2.24) is 4.98 Å². The van der Waals surface area contributed by atoms with E-state index in [2.05, 4.69) is 24.1 Å². The summed E-state index contributed by atoms with van der Waals surface area (Å²) >= 11 is 0. The van der Waals surface area contributed by atoms with Crippen molar-refractivity contribution in [2.45, 2.75) is 40.7 Å². The van der Waals surface area contributed by atoms with Crippen molar-refractivity contribution in [3.63, 3.8) is 0 Å². The van der Waals surface area contributed by atoms with Crippen molar-refractivity contribution in [3.05, 3.63) is 76.9 Å². The Kier molecular flexibility index (Phi) is 5.51. The SMILES string of the molecule is Cc1cc2nc(-c3ccc(C)c(NC(=O)c4ccc(OC(C)C)cc4)c3)oc2cc1C. The third kappa shape index (κ3) is 4.45. The molecule has 0 saturated heterocycles. The van der Waals surface area contributed by atoms with Gasteiger partial charge in [-0.3, -0.25) is 4.79 Å². The molecule has 0 aliphatic rings. The number of aryl methyl sites for hydroxylation is 3. The second-order valence-electron chi connectivity index (χ2n) is 8.10. The first-order valence-electron chi connectivity index (χ1n) is 10.4. The van der Waals surface area contributed by atoms with Gasteiger partial charge in [-0.25, -0.2) is 4.98 Å². The molecule has 0 radical (unpaired) electrons. The number of nitrogens with zero attached hydrogens (tertiary/aromatic N) is 1. The number of aromatic nitrogens is 1. The molecular formula is C26H26N2O3. The second-order valence-corrected chi connectivity index (χ2v) is 8.10. The Morgan fingerprint density at radius 2 is 1.65 bits per heavy atom. The lowest BCUT2D eigenvalue weighted by Crippen LogP contribution is -2.13. The number of anilines is 1. The molecule has 3 aromatic carbocycles. The average molecular weight is 415 g/mol. The quantitative estimate of drug-likeness (QED) is 0.407. The van der Waals surface area contributed by atoms with Gasteiger partial charge in [-0.1, -0.05) is 6.07 Å². The minimum atomic E-state index is -0.180. The van der Waals surface area contributed by atoms with E-state index in [0.29, 0.717) is 11.5 Å². The second kappa shape index (κ2) is 8.26. The number of amides is 1. The van der Waals surface area contributed by atoms with Gasteiger partial charge in [-0.2, -0.15) is 0 Å². The van der Waals surface area contributed by atoms with E-state index >= 15 is 0 Å². The van der Waals surface area contributed by atoms with Gasteiger partial charge in [0.2, 0.25) is 5.89 Å². The van der Waals surface area contributed by atoms with Crippen LogP contribution in [0.15, 0.2) is 59.0 Å². The first-order valence-corrected chi connectivity index (χ1v) is 10.4. The molecule has 1 heterocycles. The van der Waals surface area contributed by atoms with Crippen LogP contribution >= 0.6 is 0 Å². The van der Waals surface area contributed by atoms with Crippen LogP contribution in [0.3, 0.4) is 0 Å². The van der Waals surface area contributed by atoms with E-state index in [1.54, 1.807) is 24.3 Å². The summed E-state index contributed by atoms with van der Waals surface area (Å²) in [6.07, 6.45) is 0.0877. The zero-order chi connectivity index (χ0) is 22.1. The molecule has 5 heteroatoms. The molecule has 0 unspecified atom stereocenters. The van der Waals surface area contributed by atoms with Crippen LogP contribution in [0.2, 0.25) is 0 Å². The molecule has 0 fully saturated rings. The Labute approximate surface area is 182 Å². The maximum absolute atomic E-state index is 12.8. The lowest BCUT2D eigenvalue weighted by Gasteiger charge is -2.11. The molecule has 4 aromatic rings. The number of hydrogen-bond donors (Lipinski definition) is 1. The van der Waals surface area contributed by atoms with E-state index in [0.717, 1.165) is 39.2 Å². The summed E-state index contributed by atoms with van der Waals surface area (Å²) in [4.78, 5) is 17.4. The Balaban J connectivity index is 1.59. The predicted molar refractivity (Wildman–Crippen MR) is 124 cm³/mol. The molecule has 0 aliphatic carbocycles. The number of fused-ring (bicyclic) bond motifs is 1. The molecule has 1 amide bonds. The maximum atomic E-state index is 12.8. The van der Waals surface area contributed by atoms with Crippen LogP contribution < -0.4 is 10.1 Å². The first kappa shape index (κ1) is 20.7. The molecule has 5 nitrogen and oxygen atoms in total. The Bertz CT molecular complexity index is 1210. The predicted octanol–water partition coefficient (Wildman–Crippen LogP) is 6.46. The van der Waals surface area contributed by atoms with Gasteiger partial charge >= 0.3 is 0 Å². The van der Waals surface area contributed by atoms with Crippen LogP contribution in [-0.2, 0) is 0 Å². The van der Waals surface area contributed by atoms with Gasteiger partial charge in [0.25, 0.3) is 5.91 Å². The van der Waals surface area contributed by atoms with Crippen molar-refractivity contribution in [2.24, 2.45) is 0 Å². The minimum absolute atomic E-state index is 0.0877. The third-order valence-electron chi connectivity index (χ3n) is 5.22. The minimum Gasteiger partial charge on any atom is -0.491 e. The topological polar surface area (TPSA) is 64.4 Å². The van der Waals surface area contributed by atoms with E-state index in [9.17, 15) is 4.79 Å². The number of nitrogens with one attached hydrogen (secondary N) is 1. The van der Waals surface area contributed by atoms with E-state index in [1.807, 2.05) is 51.1 Å². The number of ether oxygens (including phenoxy) is 1. The summed E-state index contributed by atoms with van der Waals surface area (Å²) in [5.41, 5.74) is 6.98. The van der Waals surface area contributed by atoms with Gasteiger partial charge in [0.05, 0.1) is 6.10 Å². The number of carbonyl (C=O) groups excluding carboxylic acids is 1. The van der Waals surface area contributed by atoms with Gasteiger partial charge in [-0.05, 0) is 99.8 Å². The van der Waals surface area contributed by atoms with Crippen molar-refractivity contribution in [1.29, 1.82) is 0 Å². The van der Waals surface area contributed by atoms with Gasteiger partial charge in [-0.15, -0.1) is 0 Å². The number of rotatable bonds is 5. The molecule has 0 spiro atoms. The molecule has 0 saturated carbocycles. The molecule has 1 aromatic heterocycles. The van der Waals surface area contributed by atoms with Gasteiger partial charge in [0.15, 0.2) is 5.58 Å². The van der Waals surface area contributed by atoms with Crippen LogP contribution in [0.1, 0.15) is 40.9 Å². The highest BCUT2D eigenvalue weighted by atomic mass is 16.5. The summed E-state index contributed by atoms with van der Waals surface area (Å²) in [6, 6.07) is 17.0. The van der Waals surface area contributed by atoms with Crippen LogP contribution in [0.5, 0.6) is 5.75 Å². The highest BCUT2D eigenvalue weighted by Gasteiger charge is 2.13. The monoisotopic (exact) mass is 414 g/mol. The van der Waals surface area contributed by atoms with Gasteiger partial charge < -0.3 is 14.5 Å². The molecule has 4 rings (SSSR count). The third-order valence-corrected chi connectivity index (χ3v) is 5.22. The van der Waals surface area contributed by atoms with Crippen molar-refractivity contribution >= 4 is 22.7 Å². The Hall–Kier alpha value is -3.60.